The molecule has 0 aliphatic rings. The highest BCUT2D eigenvalue weighted by Gasteiger charge is 2.19. The van der Waals surface area contributed by atoms with Crippen molar-refractivity contribution in [1.82, 2.24) is 14.5 Å². The van der Waals surface area contributed by atoms with Crippen LogP contribution in [0.2, 0.25) is 0 Å². The smallest absolute Gasteiger partial charge is 0.361 e. The fourth-order valence-electron chi connectivity index (χ4n) is 2.28. The van der Waals surface area contributed by atoms with Gasteiger partial charge >= 0.3 is 5.97 Å². The summed E-state index contributed by atoms with van der Waals surface area (Å²) >= 11 is 0. The summed E-state index contributed by atoms with van der Waals surface area (Å²) in [6.45, 7) is 7.67. The van der Waals surface area contributed by atoms with Crippen molar-refractivity contribution < 1.29 is 14.3 Å². The molecule has 0 unspecified atom stereocenters. The molecule has 2 aromatic rings. The summed E-state index contributed by atoms with van der Waals surface area (Å²) < 4.78 is 6.95. The molecule has 23 heavy (non-hydrogen) atoms. The summed E-state index contributed by atoms with van der Waals surface area (Å²) in [7, 11) is 0. The van der Waals surface area contributed by atoms with Crippen molar-refractivity contribution in [2.75, 3.05) is 12.3 Å². The van der Waals surface area contributed by atoms with E-state index in [9.17, 15) is 9.59 Å². The lowest BCUT2D eigenvalue weighted by Crippen LogP contribution is -2.17. The summed E-state index contributed by atoms with van der Waals surface area (Å²) in [4.78, 5) is 31.7. The summed E-state index contributed by atoms with van der Waals surface area (Å²) in [5, 5.41) is 0. The van der Waals surface area contributed by atoms with Gasteiger partial charge in [-0.05, 0) is 19.9 Å². The van der Waals surface area contributed by atoms with Crippen LogP contribution in [0.4, 0.5) is 5.82 Å². The van der Waals surface area contributed by atoms with Crippen LogP contribution in [-0.4, -0.2) is 32.9 Å². The Bertz CT molecular complexity index is 765. The first-order valence-corrected chi connectivity index (χ1v) is 7.00. The van der Waals surface area contributed by atoms with E-state index in [1.165, 1.54) is 12.4 Å². The number of aryl methyl sites for hydroxylation is 1. The Morgan fingerprint density at radius 3 is 2.70 bits per heavy atom. The van der Waals surface area contributed by atoms with E-state index in [-0.39, 0.29) is 23.9 Å². The van der Waals surface area contributed by atoms with Crippen molar-refractivity contribution in [3.63, 3.8) is 0 Å². The van der Waals surface area contributed by atoms with Crippen LogP contribution in [0.25, 0.3) is 0 Å². The highest BCUT2D eigenvalue weighted by atomic mass is 16.5. The summed E-state index contributed by atoms with van der Waals surface area (Å²) in [5.74, 6) is -1.10. The number of hydrogen-bond acceptors (Lipinski definition) is 6. The average Bonchev–Trinajstić information content (AvgIpc) is 2.81. The lowest BCUT2D eigenvalue weighted by Gasteiger charge is -2.07. The zero-order chi connectivity index (χ0) is 17.0. The molecule has 0 radical (unpaired) electrons. The van der Waals surface area contributed by atoms with Gasteiger partial charge in [-0.1, -0.05) is 6.08 Å². The number of nitrogens with two attached hydrogens (primary N) is 1. The van der Waals surface area contributed by atoms with Gasteiger partial charge in [0.15, 0.2) is 18.1 Å². The molecule has 0 fully saturated rings. The van der Waals surface area contributed by atoms with Gasteiger partial charge in [0.05, 0.1) is 0 Å². The molecule has 7 nitrogen and oxygen atoms in total. The fourth-order valence-corrected chi connectivity index (χ4v) is 2.28. The Morgan fingerprint density at radius 2 is 2.04 bits per heavy atom. The van der Waals surface area contributed by atoms with Crippen molar-refractivity contribution in [3.8, 4) is 0 Å². The molecule has 0 saturated heterocycles. The topological polar surface area (TPSA) is 100 Å². The summed E-state index contributed by atoms with van der Waals surface area (Å²) in [6, 6.07) is 1.77. The molecular formula is C16H18N4O3. The minimum absolute atomic E-state index is 0.0332. The van der Waals surface area contributed by atoms with Crippen LogP contribution < -0.4 is 5.73 Å². The highest BCUT2D eigenvalue weighted by Crippen LogP contribution is 2.16. The second kappa shape index (κ2) is 6.87. The third-order valence-electron chi connectivity index (χ3n) is 3.44. The van der Waals surface area contributed by atoms with E-state index >= 15 is 0 Å². The number of ether oxygens (including phenoxy) is 1. The van der Waals surface area contributed by atoms with Crippen molar-refractivity contribution in [2.45, 2.75) is 20.4 Å². The zero-order valence-corrected chi connectivity index (χ0v) is 13.1. The van der Waals surface area contributed by atoms with Gasteiger partial charge in [0.2, 0.25) is 5.78 Å². The van der Waals surface area contributed by atoms with Crippen LogP contribution in [0.1, 0.15) is 32.2 Å². The lowest BCUT2D eigenvalue weighted by molar-refractivity contribution is 0.0469. The number of nitrogens with zero attached hydrogens (tertiary/aromatic N) is 3. The summed E-state index contributed by atoms with van der Waals surface area (Å²) in [5.41, 5.74) is 7.71. The predicted octanol–water partition coefficient (Wildman–Crippen LogP) is 1.70. The van der Waals surface area contributed by atoms with Gasteiger partial charge in [0.1, 0.15) is 0 Å². The molecule has 0 bridgehead atoms. The third kappa shape index (κ3) is 3.45. The van der Waals surface area contributed by atoms with Crippen molar-refractivity contribution >= 4 is 17.6 Å². The number of carbonyl (C=O) groups excluding carboxylic acids is 2. The molecule has 0 aromatic carbocycles. The molecule has 0 saturated carbocycles. The Morgan fingerprint density at radius 1 is 1.35 bits per heavy atom. The molecule has 2 N–H and O–H groups in total. The molecule has 2 heterocycles. The maximum atomic E-state index is 12.3. The number of allylic oxidation sites excluding steroid dienone is 1. The number of esters is 1. The van der Waals surface area contributed by atoms with E-state index in [1.807, 2.05) is 18.4 Å². The maximum Gasteiger partial charge on any atom is 0.361 e. The van der Waals surface area contributed by atoms with E-state index < -0.39 is 5.97 Å². The van der Waals surface area contributed by atoms with Crippen molar-refractivity contribution in [2.24, 2.45) is 0 Å². The molecule has 120 valence electrons. The van der Waals surface area contributed by atoms with Gasteiger partial charge in [-0.2, -0.15) is 0 Å². The molecule has 0 amide bonds. The normalized spacial score (nSPS) is 10.3. The maximum absolute atomic E-state index is 12.3. The number of nitrogen functional groups attached to an aromatic ring is 1. The average molecular weight is 314 g/mol. The minimum Gasteiger partial charge on any atom is -0.452 e. The van der Waals surface area contributed by atoms with E-state index in [0.717, 1.165) is 11.4 Å². The zero-order valence-electron chi connectivity index (χ0n) is 13.1. The Labute approximate surface area is 133 Å². The van der Waals surface area contributed by atoms with Crippen molar-refractivity contribution in [3.05, 3.63) is 53.8 Å². The van der Waals surface area contributed by atoms with Gasteiger partial charge in [0, 0.05) is 35.9 Å². The van der Waals surface area contributed by atoms with E-state index in [1.54, 1.807) is 12.1 Å². The lowest BCUT2D eigenvalue weighted by atomic mass is 10.1. The Balaban J connectivity index is 2.08. The van der Waals surface area contributed by atoms with Crippen LogP contribution >= 0.6 is 0 Å². The SMILES string of the molecule is C=CCn1c(C)cc(C(=O)COC(=O)c2nccnc2N)c1C. The van der Waals surface area contributed by atoms with E-state index in [4.69, 9.17) is 10.5 Å². The quantitative estimate of drug-likeness (QED) is 0.495. The number of anilines is 1. The number of Topliss-reactive ketones (excluding diaryl/α,β-unsaturated/α-hetero) is 1. The molecule has 2 rings (SSSR count). The Hall–Kier alpha value is -2.96. The van der Waals surface area contributed by atoms with Crippen LogP contribution in [-0.2, 0) is 11.3 Å². The molecule has 0 aliphatic heterocycles. The van der Waals surface area contributed by atoms with Crippen LogP contribution in [0.3, 0.4) is 0 Å². The first-order valence-electron chi connectivity index (χ1n) is 7.00. The second-order valence-corrected chi connectivity index (χ2v) is 4.97. The predicted molar refractivity (Wildman–Crippen MR) is 85.2 cm³/mol. The summed E-state index contributed by atoms with van der Waals surface area (Å²) in [6.07, 6.45) is 4.45. The number of rotatable bonds is 6. The van der Waals surface area contributed by atoms with E-state index in [0.29, 0.717) is 12.1 Å². The van der Waals surface area contributed by atoms with Crippen LogP contribution in [0, 0.1) is 13.8 Å². The van der Waals surface area contributed by atoms with Crippen LogP contribution in [0.15, 0.2) is 31.1 Å². The van der Waals surface area contributed by atoms with Gasteiger partial charge in [-0.3, -0.25) is 4.79 Å². The Kier molecular flexibility index (Phi) is 4.90. The minimum atomic E-state index is -0.774. The standard InChI is InChI=1S/C16H18N4O3/c1-4-7-20-10(2)8-12(11(20)3)13(21)9-23-16(22)14-15(17)19-6-5-18-14/h4-6,8H,1,7,9H2,2-3H3,(H2,17,19). The largest absolute Gasteiger partial charge is 0.452 e. The molecule has 7 heteroatoms. The van der Waals surface area contributed by atoms with Gasteiger partial charge in [-0.15, -0.1) is 6.58 Å². The highest BCUT2D eigenvalue weighted by molar-refractivity contribution is 6.00. The number of ketones is 1. The number of hydrogen-bond donors (Lipinski definition) is 1. The monoisotopic (exact) mass is 314 g/mol. The first-order chi connectivity index (χ1) is 11.0. The van der Waals surface area contributed by atoms with Gasteiger partial charge < -0.3 is 15.0 Å². The van der Waals surface area contributed by atoms with Gasteiger partial charge in [0.25, 0.3) is 0 Å². The number of aromatic nitrogens is 3. The third-order valence-corrected chi connectivity index (χ3v) is 3.44. The van der Waals surface area contributed by atoms with Crippen LogP contribution in [0.5, 0.6) is 0 Å². The first kappa shape index (κ1) is 16.4. The van der Waals surface area contributed by atoms with Crippen molar-refractivity contribution in [1.29, 1.82) is 0 Å². The molecule has 0 aliphatic carbocycles. The molecule has 0 atom stereocenters. The second-order valence-electron chi connectivity index (χ2n) is 4.97. The number of carbonyl (C=O) groups is 2. The molecular weight excluding hydrogens is 296 g/mol. The molecule has 2 aromatic heterocycles. The molecule has 0 spiro atoms. The fraction of sp³-hybridized carbons (Fsp3) is 0.250. The van der Waals surface area contributed by atoms with Gasteiger partial charge in [-0.25, -0.2) is 14.8 Å². The van der Waals surface area contributed by atoms with E-state index in [2.05, 4.69) is 16.5 Å².